The third kappa shape index (κ3) is 4.44. The molecule has 144 valence electrons. The van der Waals surface area contributed by atoms with Crippen LogP contribution in [0.1, 0.15) is 17.9 Å². The van der Waals surface area contributed by atoms with Gasteiger partial charge in [0.15, 0.2) is 0 Å². The first-order valence-corrected chi connectivity index (χ1v) is 10.1. The zero-order valence-corrected chi connectivity index (χ0v) is 16.1. The number of anilines is 1. The summed E-state index contributed by atoms with van der Waals surface area (Å²) in [5.41, 5.74) is 1.68. The molecule has 0 aromatic heterocycles. The lowest BCUT2D eigenvalue weighted by atomic mass is 9.81. The number of methoxy groups -OCH3 is 1. The third-order valence-electron chi connectivity index (χ3n) is 4.80. The van der Waals surface area contributed by atoms with Crippen LogP contribution in [0.15, 0.2) is 47.4 Å². The third-order valence-corrected chi connectivity index (χ3v) is 6.20. The first-order chi connectivity index (χ1) is 12.8. The molecule has 1 aliphatic rings. The summed E-state index contributed by atoms with van der Waals surface area (Å²) in [4.78, 5) is 2.28. The minimum absolute atomic E-state index is 0.0462. The summed E-state index contributed by atoms with van der Waals surface area (Å²) >= 11 is 0. The average molecular weight is 390 g/mol. The Kier molecular flexibility index (Phi) is 5.76. The van der Waals surface area contributed by atoms with Gasteiger partial charge in [0.1, 0.15) is 5.75 Å². The molecule has 3 N–H and O–H groups in total. The summed E-state index contributed by atoms with van der Waals surface area (Å²) in [6.07, 6.45) is 0.994. The van der Waals surface area contributed by atoms with E-state index in [9.17, 15) is 8.42 Å². The predicted molar refractivity (Wildman–Crippen MR) is 105 cm³/mol. The minimum atomic E-state index is -3.79. The number of nitrogens with one attached hydrogen (secondary N) is 1. The molecular formula is C18H23BN2O5S. The van der Waals surface area contributed by atoms with Crippen molar-refractivity contribution in [3.05, 3.63) is 48.0 Å². The Labute approximate surface area is 159 Å². The molecule has 1 saturated heterocycles. The first kappa shape index (κ1) is 19.7. The molecule has 0 amide bonds. The van der Waals surface area contributed by atoms with Gasteiger partial charge in [-0.15, -0.1) is 0 Å². The number of hydrogen-bond donors (Lipinski definition) is 3. The first-order valence-electron chi connectivity index (χ1n) is 8.65. The van der Waals surface area contributed by atoms with E-state index < -0.39 is 17.1 Å². The summed E-state index contributed by atoms with van der Waals surface area (Å²) in [5, 5.41) is 18.3. The Morgan fingerprint density at radius 2 is 1.89 bits per heavy atom. The monoisotopic (exact) mass is 390 g/mol. The number of rotatable bonds is 6. The van der Waals surface area contributed by atoms with Crippen molar-refractivity contribution in [2.24, 2.45) is 0 Å². The van der Waals surface area contributed by atoms with Gasteiger partial charge in [0.2, 0.25) is 0 Å². The zero-order chi connectivity index (χ0) is 19.6. The second-order valence-corrected chi connectivity index (χ2v) is 8.44. The average Bonchev–Trinajstić information content (AvgIpc) is 3.07. The summed E-state index contributed by atoms with van der Waals surface area (Å²) in [7, 11) is -1.76. The molecule has 27 heavy (non-hydrogen) atoms. The Morgan fingerprint density at radius 3 is 2.44 bits per heavy atom. The Hall–Kier alpha value is -2.07. The number of nitrogens with zero attached hydrogens (tertiary/aromatic N) is 1. The van der Waals surface area contributed by atoms with E-state index in [4.69, 9.17) is 14.8 Å². The number of likely N-dealkylation sites (N-methyl/N-ethyl adjacent to an activating group) is 1. The standard InChI is InChI=1S/C18H23BN2O5S/c1-21-10-9-13(12-21)17-11-15(5-8-18(17)26-2)20-27(24,25)16-6-3-14(4-7-16)19(22)23/h3-8,11,13,20,22-23H,9-10,12H2,1-2H3. The molecule has 0 spiro atoms. The highest BCUT2D eigenvalue weighted by Crippen LogP contribution is 2.35. The smallest absolute Gasteiger partial charge is 0.488 e. The lowest BCUT2D eigenvalue weighted by Crippen LogP contribution is -2.29. The number of sulfonamides is 1. The number of hydrogen-bond acceptors (Lipinski definition) is 6. The van der Waals surface area contributed by atoms with E-state index in [0.29, 0.717) is 11.6 Å². The molecular weight excluding hydrogens is 367 g/mol. The Bertz CT molecular complexity index is 902. The van der Waals surface area contributed by atoms with Gasteiger partial charge >= 0.3 is 7.12 Å². The van der Waals surface area contributed by atoms with E-state index in [1.807, 2.05) is 6.07 Å². The quantitative estimate of drug-likeness (QED) is 0.625. The van der Waals surface area contributed by atoms with Crippen LogP contribution in [0.2, 0.25) is 0 Å². The van der Waals surface area contributed by atoms with Gasteiger partial charge in [0.05, 0.1) is 12.0 Å². The van der Waals surface area contributed by atoms with Crippen LogP contribution in [0.25, 0.3) is 0 Å². The number of benzene rings is 2. The highest BCUT2D eigenvalue weighted by Gasteiger charge is 2.25. The van der Waals surface area contributed by atoms with Crippen LogP contribution in [-0.2, 0) is 10.0 Å². The van der Waals surface area contributed by atoms with Gasteiger partial charge in [-0.3, -0.25) is 4.72 Å². The van der Waals surface area contributed by atoms with Crippen LogP contribution < -0.4 is 14.9 Å². The van der Waals surface area contributed by atoms with Crippen molar-refractivity contribution < 1.29 is 23.2 Å². The lowest BCUT2D eigenvalue weighted by molar-refractivity contribution is 0.395. The summed E-state index contributed by atoms with van der Waals surface area (Å²) in [5.74, 6) is 1.04. The second kappa shape index (κ2) is 7.89. The van der Waals surface area contributed by atoms with Gasteiger partial charge in [0.25, 0.3) is 10.0 Å². The topological polar surface area (TPSA) is 99.1 Å². The molecule has 2 aromatic rings. The summed E-state index contributed by atoms with van der Waals surface area (Å²) in [6, 6.07) is 10.7. The van der Waals surface area contributed by atoms with Gasteiger partial charge in [-0.05, 0) is 55.8 Å². The fourth-order valence-electron chi connectivity index (χ4n) is 3.34. The maximum absolute atomic E-state index is 12.6. The number of likely N-dealkylation sites (tertiary alicyclic amines) is 1. The van der Waals surface area contributed by atoms with Gasteiger partial charge < -0.3 is 19.7 Å². The second-order valence-electron chi connectivity index (χ2n) is 6.75. The van der Waals surface area contributed by atoms with Crippen LogP contribution in [0, 0.1) is 0 Å². The van der Waals surface area contributed by atoms with Crippen molar-refractivity contribution in [2.75, 3.05) is 32.0 Å². The summed E-state index contributed by atoms with van der Waals surface area (Å²) in [6.45, 7) is 1.89. The Morgan fingerprint density at radius 1 is 1.19 bits per heavy atom. The largest absolute Gasteiger partial charge is 0.496 e. The van der Waals surface area contributed by atoms with E-state index >= 15 is 0 Å². The van der Waals surface area contributed by atoms with Crippen molar-refractivity contribution in [2.45, 2.75) is 17.2 Å². The maximum atomic E-state index is 12.6. The zero-order valence-electron chi connectivity index (χ0n) is 15.3. The van der Waals surface area contributed by atoms with Crippen molar-refractivity contribution in [3.63, 3.8) is 0 Å². The van der Waals surface area contributed by atoms with Gasteiger partial charge in [-0.1, -0.05) is 12.1 Å². The molecule has 1 fully saturated rings. The molecule has 2 aromatic carbocycles. The highest BCUT2D eigenvalue weighted by atomic mass is 32.2. The lowest BCUT2D eigenvalue weighted by Gasteiger charge is -2.17. The van der Waals surface area contributed by atoms with E-state index in [1.165, 1.54) is 24.3 Å². The fraction of sp³-hybridized carbons (Fsp3) is 0.333. The molecule has 1 heterocycles. The van der Waals surface area contributed by atoms with Crippen molar-refractivity contribution in [1.82, 2.24) is 4.90 Å². The fourth-order valence-corrected chi connectivity index (χ4v) is 4.39. The molecule has 1 aliphatic heterocycles. The predicted octanol–water partition coefficient (Wildman–Crippen LogP) is 0.595. The van der Waals surface area contributed by atoms with Crippen LogP contribution in [0.3, 0.4) is 0 Å². The highest BCUT2D eigenvalue weighted by molar-refractivity contribution is 7.92. The normalized spacial score (nSPS) is 17.7. The molecule has 0 aliphatic carbocycles. The molecule has 7 nitrogen and oxygen atoms in total. The van der Waals surface area contributed by atoms with Gasteiger partial charge in [0, 0.05) is 23.7 Å². The van der Waals surface area contributed by atoms with Crippen LogP contribution in [0.4, 0.5) is 5.69 Å². The van der Waals surface area contributed by atoms with E-state index in [-0.39, 0.29) is 10.4 Å². The van der Waals surface area contributed by atoms with Crippen molar-refractivity contribution >= 4 is 28.3 Å². The van der Waals surface area contributed by atoms with Gasteiger partial charge in [-0.2, -0.15) is 0 Å². The molecule has 9 heteroatoms. The molecule has 0 saturated carbocycles. The number of ether oxygens (including phenoxy) is 1. The minimum Gasteiger partial charge on any atom is -0.496 e. The molecule has 3 rings (SSSR count). The maximum Gasteiger partial charge on any atom is 0.488 e. The molecule has 1 unspecified atom stereocenters. The van der Waals surface area contributed by atoms with Gasteiger partial charge in [-0.25, -0.2) is 8.42 Å². The van der Waals surface area contributed by atoms with E-state index in [0.717, 1.165) is 30.8 Å². The molecule has 1 atom stereocenters. The van der Waals surface area contributed by atoms with Crippen LogP contribution in [-0.4, -0.2) is 57.7 Å². The summed E-state index contributed by atoms with van der Waals surface area (Å²) < 4.78 is 33.3. The molecule has 0 bridgehead atoms. The Balaban J connectivity index is 1.85. The SMILES string of the molecule is COc1ccc(NS(=O)(=O)c2ccc(B(O)O)cc2)cc1C1CCN(C)C1. The van der Waals surface area contributed by atoms with Crippen LogP contribution >= 0.6 is 0 Å². The molecule has 0 radical (unpaired) electrons. The van der Waals surface area contributed by atoms with Crippen molar-refractivity contribution in [3.8, 4) is 5.75 Å². The van der Waals surface area contributed by atoms with Crippen LogP contribution in [0.5, 0.6) is 5.75 Å². The van der Waals surface area contributed by atoms with E-state index in [2.05, 4.69) is 16.7 Å². The van der Waals surface area contributed by atoms with E-state index in [1.54, 1.807) is 19.2 Å². The van der Waals surface area contributed by atoms with Crippen molar-refractivity contribution in [1.29, 1.82) is 0 Å².